The standard InChI is InChI=1S/C10H17N3S/c1-10(4-3-5-14-7-10)8-6-9(11)13(2)12-8/h6H,3-5,7,11H2,1-2H3. The summed E-state index contributed by atoms with van der Waals surface area (Å²) in [6.07, 6.45) is 2.52. The van der Waals surface area contributed by atoms with Crippen LogP contribution >= 0.6 is 11.8 Å². The van der Waals surface area contributed by atoms with Crippen LogP contribution in [0.15, 0.2) is 6.07 Å². The van der Waals surface area contributed by atoms with Gasteiger partial charge in [-0.2, -0.15) is 16.9 Å². The quantitative estimate of drug-likeness (QED) is 0.770. The monoisotopic (exact) mass is 211 g/mol. The second kappa shape index (κ2) is 3.50. The molecule has 0 saturated carbocycles. The van der Waals surface area contributed by atoms with Crippen molar-refractivity contribution >= 4 is 17.6 Å². The topological polar surface area (TPSA) is 43.8 Å². The molecular formula is C10H17N3S. The third kappa shape index (κ3) is 1.63. The molecule has 3 nitrogen and oxygen atoms in total. The van der Waals surface area contributed by atoms with E-state index in [0.717, 1.165) is 11.5 Å². The van der Waals surface area contributed by atoms with E-state index in [2.05, 4.69) is 12.0 Å². The molecule has 1 unspecified atom stereocenters. The summed E-state index contributed by atoms with van der Waals surface area (Å²) < 4.78 is 1.76. The van der Waals surface area contributed by atoms with Crippen molar-refractivity contribution in [1.82, 2.24) is 9.78 Å². The summed E-state index contributed by atoms with van der Waals surface area (Å²) in [6.45, 7) is 2.29. The average molecular weight is 211 g/mol. The van der Waals surface area contributed by atoms with Crippen LogP contribution in [0, 0.1) is 0 Å². The summed E-state index contributed by atoms with van der Waals surface area (Å²) in [5.74, 6) is 3.22. The molecule has 1 saturated heterocycles. The SMILES string of the molecule is Cn1nc(C2(C)CCCSC2)cc1N. The van der Waals surface area contributed by atoms with Gasteiger partial charge in [-0.25, -0.2) is 0 Å². The van der Waals surface area contributed by atoms with Crippen LogP contribution in [0.1, 0.15) is 25.5 Å². The van der Waals surface area contributed by atoms with E-state index in [1.54, 1.807) is 4.68 Å². The van der Waals surface area contributed by atoms with Gasteiger partial charge < -0.3 is 5.73 Å². The summed E-state index contributed by atoms with van der Waals surface area (Å²) in [5.41, 5.74) is 7.19. The summed E-state index contributed by atoms with van der Waals surface area (Å²) >= 11 is 2.02. The number of anilines is 1. The molecule has 0 bridgehead atoms. The van der Waals surface area contributed by atoms with Crippen molar-refractivity contribution in [2.24, 2.45) is 7.05 Å². The molecule has 2 rings (SSSR count). The van der Waals surface area contributed by atoms with E-state index >= 15 is 0 Å². The minimum atomic E-state index is 0.234. The molecule has 1 aromatic heterocycles. The van der Waals surface area contributed by atoms with Crippen molar-refractivity contribution in [3.63, 3.8) is 0 Å². The number of nitrogen functional groups attached to an aromatic ring is 1. The van der Waals surface area contributed by atoms with Crippen molar-refractivity contribution in [2.45, 2.75) is 25.2 Å². The van der Waals surface area contributed by atoms with Gasteiger partial charge in [-0.05, 0) is 18.6 Å². The van der Waals surface area contributed by atoms with Crippen molar-refractivity contribution in [2.75, 3.05) is 17.2 Å². The minimum Gasteiger partial charge on any atom is -0.384 e. The summed E-state index contributed by atoms with van der Waals surface area (Å²) in [5, 5.41) is 4.48. The predicted octanol–water partition coefficient (Wildman–Crippen LogP) is 1.79. The van der Waals surface area contributed by atoms with Gasteiger partial charge in [0.15, 0.2) is 0 Å². The number of hydrogen-bond acceptors (Lipinski definition) is 3. The Hall–Kier alpha value is -0.640. The van der Waals surface area contributed by atoms with Crippen LogP contribution in [0.3, 0.4) is 0 Å². The largest absolute Gasteiger partial charge is 0.384 e. The highest BCUT2D eigenvalue weighted by Crippen LogP contribution is 2.36. The van der Waals surface area contributed by atoms with E-state index in [0.29, 0.717) is 0 Å². The lowest BCUT2D eigenvalue weighted by molar-refractivity contribution is 0.453. The molecule has 2 heterocycles. The number of aromatic nitrogens is 2. The van der Waals surface area contributed by atoms with Crippen LogP contribution in [-0.4, -0.2) is 21.3 Å². The first-order valence-corrected chi connectivity index (χ1v) is 6.15. The molecule has 1 fully saturated rings. The van der Waals surface area contributed by atoms with E-state index in [4.69, 9.17) is 5.73 Å². The number of nitrogens with two attached hydrogens (primary N) is 1. The second-order valence-electron chi connectivity index (χ2n) is 4.29. The van der Waals surface area contributed by atoms with E-state index < -0.39 is 0 Å². The van der Waals surface area contributed by atoms with Crippen LogP contribution in [-0.2, 0) is 12.5 Å². The number of hydrogen-bond donors (Lipinski definition) is 1. The zero-order chi connectivity index (χ0) is 10.2. The Kier molecular flexibility index (Phi) is 2.47. The van der Waals surface area contributed by atoms with E-state index in [1.807, 2.05) is 24.9 Å². The van der Waals surface area contributed by atoms with Gasteiger partial charge >= 0.3 is 0 Å². The number of rotatable bonds is 1. The average Bonchev–Trinajstić information content (AvgIpc) is 2.49. The fraction of sp³-hybridized carbons (Fsp3) is 0.700. The normalized spacial score (nSPS) is 27.9. The highest BCUT2D eigenvalue weighted by molar-refractivity contribution is 7.99. The molecule has 0 aliphatic carbocycles. The first kappa shape index (κ1) is 9.90. The van der Waals surface area contributed by atoms with E-state index in [1.165, 1.54) is 24.3 Å². The lowest BCUT2D eigenvalue weighted by atomic mass is 9.84. The van der Waals surface area contributed by atoms with Crippen LogP contribution in [0.2, 0.25) is 0 Å². The van der Waals surface area contributed by atoms with Gasteiger partial charge in [0, 0.05) is 24.3 Å². The van der Waals surface area contributed by atoms with Gasteiger partial charge in [0.1, 0.15) is 5.82 Å². The number of aryl methyl sites for hydroxylation is 1. The van der Waals surface area contributed by atoms with Crippen LogP contribution in [0.5, 0.6) is 0 Å². The van der Waals surface area contributed by atoms with E-state index in [-0.39, 0.29) is 5.41 Å². The first-order chi connectivity index (χ1) is 6.62. The molecule has 1 aliphatic rings. The van der Waals surface area contributed by atoms with E-state index in [9.17, 15) is 0 Å². The van der Waals surface area contributed by atoms with Gasteiger partial charge in [-0.15, -0.1) is 0 Å². The highest BCUT2D eigenvalue weighted by atomic mass is 32.2. The Morgan fingerprint density at radius 3 is 2.93 bits per heavy atom. The van der Waals surface area contributed by atoms with Crippen LogP contribution in [0.25, 0.3) is 0 Å². The van der Waals surface area contributed by atoms with Crippen molar-refractivity contribution in [1.29, 1.82) is 0 Å². The van der Waals surface area contributed by atoms with Crippen molar-refractivity contribution < 1.29 is 0 Å². The predicted molar refractivity (Wildman–Crippen MR) is 61.5 cm³/mol. The van der Waals surface area contributed by atoms with Gasteiger partial charge in [0.2, 0.25) is 0 Å². The Balaban J connectivity index is 2.28. The Morgan fingerprint density at radius 2 is 2.43 bits per heavy atom. The van der Waals surface area contributed by atoms with Gasteiger partial charge in [-0.1, -0.05) is 6.92 Å². The van der Waals surface area contributed by atoms with Gasteiger partial charge in [0.25, 0.3) is 0 Å². The molecule has 4 heteroatoms. The van der Waals surface area contributed by atoms with Gasteiger partial charge in [0.05, 0.1) is 5.69 Å². The molecule has 78 valence electrons. The fourth-order valence-corrected chi connectivity index (χ4v) is 3.15. The van der Waals surface area contributed by atoms with Crippen molar-refractivity contribution in [3.8, 4) is 0 Å². The van der Waals surface area contributed by atoms with Gasteiger partial charge in [-0.3, -0.25) is 4.68 Å². The Bertz CT molecular complexity index is 307. The summed E-state index contributed by atoms with van der Waals surface area (Å²) in [6, 6.07) is 2.02. The number of thioether (sulfide) groups is 1. The Labute approximate surface area is 89.1 Å². The smallest absolute Gasteiger partial charge is 0.121 e. The molecule has 1 aliphatic heterocycles. The maximum atomic E-state index is 5.80. The third-order valence-corrected chi connectivity index (χ3v) is 4.39. The Morgan fingerprint density at radius 1 is 1.64 bits per heavy atom. The maximum absolute atomic E-state index is 5.80. The molecule has 0 amide bonds. The zero-order valence-corrected chi connectivity index (χ0v) is 9.60. The third-order valence-electron chi connectivity index (χ3n) is 2.97. The minimum absolute atomic E-state index is 0.234. The van der Waals surface area contributed by atoms with Crippen molar-refractivity contribution in [3.05, 3.63) is 11.8 Å². The lowest BCUT2D eigenvalue weighted by Gasteiger charge is -2.31. The highest BCUT2D eigenvalue weighted by Gasteiger charge is 2.31. The maximum Gasteiger partial charge on any atom is 0.121 e. The molecule has 2 N–H and O–H groups in total. The van der Waals surface area contributed by atoms with Crippen LogP contribution in [0.4, 0.5) is 5.82 Å². The molecule has 0 spiro atoms. The lowest BCUT2D eigenvalue weighted by Crippen LogP contribution is -2.29. The van der Waals surface area contributed by atoms with Crippen LogP contribution < -0.4 is 5.73 Å². The molecule has 0 aromatic carbocycles. The zero-order valence-electron chi connectivity index (χ0n) is 8.79. The second-order valence-corrected chi connectivity index (χ2v) is 5.40. The molecular weight excluding hydrogens is 194 g/mol. The number of nitrogens with zero attached hydrogens (tertiary/aromatic N) is 2. The molecule has 1 aromatic rings. The molecule has 14 heavy (non-hydrogen) atoms. The summed E-state index contributed by atoms with van der Waals surface area (Å²) in [4.78, 5) is 0. The first-order valence-electron chi connectivity index (χ1n) is 4.99. The fourth-order valence-electron chi connectivity index (χ4n) is 1.91. The molecule has 0 radical (unpaired) electrons. The summed E-state index contributed by atoms with van der Waals surface area (Å²) in [7, 11) is 1.90. The molecule has 1 atom stereocenters.